The number of thioether (sulfide) groups is 1. The third kappa shape index (κ3) is 4.19. The smallest absolute Gasteiger partial charge is 0.145 e. The van der Waals surface area contributed by atoms with Crippen molar-refractivity contribution in [3.05, 3.63) is 52.2 Å². The Balaban J connectivity index is 1.68. The van der Waals surface area contributed by atoms with Gasteiger partial charge in [-0.2, -0.15) is 0 Å². The van der Waals surface area contributed by atoms with E-state index in [0.29, 0.717) is 5.25 Å². The predicted molar refractivity (Wildman–Crippen MR) is 114 cm³/mol. The van der Waals surface area contributed by atoms with Crippen molar-refractivity contribution >= 4 is 33.3 Å². The van der Waals surface area contributed by atoms with Crippen molar-refractivity contribution in [1.82, 2.24) is 14.9 Å². The quantitative estimate of drug-likeness (QED) is 0.446. The lowest BCUT2D eigenvalue weighted by Gasteiger charge is -2.25. The minimum atomic E-state index is 0.347. The van der Waals surface area contributed by atoms with Gasteiger partial charge in [0.25, 0.3) is 0 Å². The van der Waals surface area contributed by atoms with Gasteiger partial charge in [-0.05, 0) is 31.9 Å². The second kappa shape index (κ2) is 8.27. The zero-order valence-corrected chi connectivity index (χ0v) is 17.7. The molecule has 0 amide bonds. The molecule has 0 saturated carbocycles. The SMILES string of the molecule is Cc1sc2nc(CN3CCOCC3)nc(SC(C)c3ccccc3)c2c1C. The van der Waals surface area contributed by atoms with Gasteiger partial charge in [0.15, 0.2) is 0 Å². The normalized spacial score (nSPS) is 16.7. The third-order valence-corrected chi connectivity index (χ3v) is 7.31. The van der Waals surface area contributed by atoms with Crippen LogP contribution in [-0.2, 0) is 11.3 Å². The van der Waals surface area contributed by atoms with Crippen LogP contribution in [0.5, 0.6) is 0 Å². The van der Waals surface area contributed by atoms with Crippen LogP contribution in [0.2, 0.25) is 0 Å². The van der Waals surface area contributed by atoms with Gasteiger partial charge in [-0.25, -0.2) is 9.97 Å². The van der Waals surface area contributed by atoms with E-state index in [0.717, 1.165) is 48.5 Å². The molecular formula is C21H25N3OS2. The summed E-state index contributed by atoms with van der Waals surface area (Å²) < 4.78 is 5.47. The van der Waals surface area contributed by atoms with Gasteiger partial charge in [-0.1, -0.05) is 42.1 Å². The van der Waals surface area contributed by atoms with Gasteiger partial charge in [-0.3, -0.25) is 4.90 Å². The molecule has 0 spiro atoms. The van der Waals surface area contributed by atoms with Crippen molar-refractivity contribution in [2.24, 2.45) is 0 Å². The van der Waals surface area contributed by atoms with Crippen molar-refractivity contribution in [3.8, 4) is 0 Å². The first-order chi connectivity index (χ1) is 13.1. The molecule has 1 fully saturated rings. The molecule has 1 unspecified atom stereocenters. The Labute approximate surface area is 169 Å². The zero-order chi connectivity index (χ0) is 18.8. The third-order valence-electron chi connectivity index (χ3n) is 5.07. The summed E-state index contributed by atoms with van der Waals surface area (Å²) in [6.45, 7) is 10.9. The molecule has 1 atom stereocenters. The molecule has 1 saturated heterocycles. The van der Waals surface area contributed by atoms with E-state index in [1.165, 1.54) is 21.4 Å². The van der Waals surface area contributed by atoms with Crippen LogP contribution in [-0.4, -0.2) is 41.2 Å². The first-order valence-corrected chi connectivity index (χ1v) is 11.1. The second-order valence-electron chi connectivity index (χ2n) is 6.97. The highest BCUT2D eigenvalue weighted by Gasteiger charge is 2.19. The average molecular weight is 400 g/mol. The summed E-state index contributed by atoms with van der Waals surface area (Å²) in [5.74, 6) is 0.924. The van der Waals surface area contributed by atoms with Gasteiger partial charge < -0.3 is 4.74 Å². The molecule has 3 aromatic rings. The number of ether oxygens (including phenoxy) is 1. The lowest BCUT2D eigenvalue weighted by atomic mass is 10.2. The van der Waals surface area contributed by atoms with E-state index >= 15 is 0 Å². The van der Waals surface area contributed by atoms with Crippen LogP contribution in [0.3, 0.4) is 0 Å². The molecule has 4 nitrogen and oxygen atoms in total. The topological polar surface area (TPSA) is 38.2 Å². The highest BCUT2D eigenvalue weighted by atomic mass is 32.2. The van der Waals surface area contributed by atoms with Crippen LogP contribution in [0.25, 0.3) is 10.2 Å². The van der Waals surface area contributed by atoms with Crippen LogP contribution in [0.4, 0.5) is 0 Å². The summed E-state index contributed by atoms with van der Waals surface area (Å²) in [6.07, 6.45) is 0. The van der Waals surface area contributed by atoms with E-state index in [2.05, 4.69) is 56.0 Å². The lowest BCUT2D eigenvalue weighted by Crippen LogP contribution is -2.36. The maximum atomic E-state index is 5.47. The molecule has 3 heterocycles. The number of morpholine rings is 1. The number of benzene rings is 1. The maximum Gasteiger partial charge on any atom is 0.145 e. The fourth-order valence-corrected chi connectivity index (χ4v) is 5.60. The number of aromatic nitrogens is 2. The Kier molecular flexibility index (Phi) is 5.78. The second-order valence-corrected chi connectivity index (χ2v) is 9.50. The van der Waals surface area contributed by atoms with Crippen molar-refractivity contribution in [3.63, 3.8) is 0 Å². The summed E-state index contributed by atoms with van der Waals surface area (Å²) in [5, 5.41) is 2.69. The van der Waals surface area contributed by atoms with Crippen molar-refractivity contribution in [2.75, 3.05) is 26.3 Å². The molecule has 6 heteroatoms. The van der Waals surface area contributed by atoms with Gasteiger partial charge in [0.2, 0.25) is 0 Å². The standard InChI is InChI=1S/C21H25N3OS2/c1-14-15(2)26-20-19(14)21(27-16(3)17-7-5-4-6-8-17)23-18(22-20)13-24-9-11-25-12-10-24/h4-8,16H,9-13H2,1-3H3. The molecule has 0 radical (unpaired) electrons. The first-order valence-electron chi connectivity index (χ1n) is 9.40. The number of rotatable bonds is 5. The number of hydrogen-bond acceptors (Lipinski definition) is 6. The van der Waals surface area contributed by atoms with Crippen molar-refractivity contribution in [2.45, 2.75) is 37.6 Å². The van der Waals surface area contributed by atoms with E-state index in [1.807, 2.05) is 11.8 Å². The fraction of sp³-hybridized carbons (Fsp3) is 0.429. The first kappa shape index (κ1) is 18.9. The molecule has 142 valence electrons. The molecule has 1 aromatic carbocycles. The summed E-state index contributed by atoms with van der Waals surface area (Å²) in [4.78, 5) is 14.7. The summed E-state index contributed by atoms with van der Waals surface area (Å²) in [5.41, 5.74) is 2.64. The van der Waals surface area contributed by atoms with Crippen LogP contribution in [0, 0.1) is 13.8 Å². The Morgan fingerprint density at radius 2 is 1.89 bits per heavy atom. The van der Waals surface area contributed by atoms with Gasteiger partial charge >= 0.3 is 0 Å². The van der Waals surface area contributed by atoms with E-state index in [-0.39, 0.29) is 0 Å². The van der Waals surface area contributed by atoms with E-state index in [4.69, 9.17) is 14.7 Å². The van der Waals surface area contributed by atoms with Crippen molar-refractivity contribution < 1.29 is 4.74 Å². The molecule has 0 N–H and O–H groups in total. The summed E-state index contributed by atoms with van der Waals surface area (Å²) in [6, 6.07) is 10.7. The predicted octanol–water partition coefficient (Wildman–Crippen LogP) is 4.99. The minimum absolute atomic E-state index is 0.347. The summed E-state index contributed by atoms with van der Waals surface area (Å²) in [7, 11) is 0. The fourth-order valence-electron chi connectivity index (χ4n) is 3.33. The van der Waals surface area contributed by atoms with Gasteiger partial charge in [0.1, 0.15) is 15.7 Å². The minimum Gasteiger partial charge on any atom is -0.379 e. The maximum absolute atomic E-state index is 5.47. The Bertz CT molecular complexity index is 920. The van der Waals surface area contributed by atoms with Crippen molar-refractivity contribution in [1.29, 1.82) is 0 Å². The van der Waals surface area contributed by atoms with E-state index in [9.17, 15) is 0 Å². The number of fused-ring (bicyclic) bond motifs is 1. The molecule has 2 aromatic heterocycles. The molecule has 0 aliphatic carbocycles. The van der Waals surface area contributed by atoms with Crippen LogP contribution in [0.1, 0.15) is 34.0 Å². The number of hydrogen-bond donors (Lipinski definition) is 0. The number of thiophene rings is 1. The number of nitrogens with zero attached hydrogens (tertiary/aromatic N) is 3. The van der Waals surface area contributed by atoms with Crippen LogP contribution < -0.4 is 0 Å². The van der Waals surface area contributed by atoms with E-state index in [1.54, 1.807) is 11.3 Å². The molecule has 1 aliphatic rings. The van der Waals surface area contributed by atoms with Gasteiger partial charge in [0.05, 0.1) is 19.8 Å². The van der Waals surface area contributed by atoms with E-state index < -0.39 is 0 Å². The molecule has 1 aliphatic heterocycles. The van der Waals surface area contributed by atoms with Crippen LogP contribution >= 0.6 is 23.1 Å². The average Bonchev–Trinajstić information content (AvgIpc) is 2.97. The Morgan fingerprint density at radius 1 is 1.15 bits per heavy atom. The molecule has 27 heavy (non-hydrogen) atoms. The largest absolute Gasteiger partial charge is 0.379 e. The Morgan fingerprint density at radius 3 is 2.63 bits per heavy atom. The van der Waals surface area contributed by atoms with Crippen LogP contribution in [0.15, 0.2) is 35.4 Å². The summed E-state index contributed by atoms with van der Waals surface area (Å²) >= 11 is 3.63. The lowest BCUT2D eigenvalue weighted by molar-refractivity contribution is 0.0330. The van der Waals surface area contributed by atoms with Gasteiger partial charge in [-0.15, -0.1) is 11.3 Å². The highest BCUT2D eigenvalue weighted by Crippen LogP contribution is 2.41. The molecule has 4 rings (SSSR count). The highest BCUT2D eigenvalue weighted by molar-refractivity contribution is 7.99. The monoisotopic (exact) mass is 399 g/mol. The Hall–Kier alpha value is -1.47. The number of aryl methyl sites for hydroxylation is 2. The zero-order valence-electron chi connectivity index (χ0n) is 16.1. The molecule has 0 bridgehead atoms. The van der Waals surface area contributed by atoms with Gasteiger partial charge in [0, 0.05) is 28.6 Å². The molecular weight excluding hydrogens is 374 g/mol.